The average molecular weight is 479 g/mol. The fourth-order valence-electron chi connectivity index (χ4n) is 4.41. The molecule has 1 atom stereocenters. The monoisotopic (exact) mass is 478 g/mol. The number of nitrogens with zero attached hydrogens (tertiary/aromatic N) is 3. The van der Waals surface area contributed by atoms with Crippen LogP contribution in [0.2, 0.25) is 0 Å². The molecule has 1 fully saturated rings. The van der Waals surface area contributed by atoms with E-state index >= 15 is 0 Å². The summed E-state index contributed by atoms with van der Waals surface area (Å²) in [6.07, 6.45) is 2.82. The normalized spacial score (nSPS) is 16.0. The predicted molar refractivity (Wildman–Crippen MR) is 130 cm³/mol. The van der Waals surface area contributed by atoms with Crippen molar-refractivity contribution >= 4 is 5.91 Å². The van der Waals surface area contributed by atoms with Gasteiger partial charge in [0, 0.05) is 18.7 Å². The summed E-state index contributed by atoms with van der Waals surface area (Å²) in [7, 11) is 3.06. The van der Waals surface area contributed by atoms with Crippen LogP contribution in [0.5, 0.6) is 23.1 Å². The van der Waals surface area contributed by atoms with Crippen LogP contribution in [0.3, 0.4) is 0 Å². The van der Waals surface area contributed by atoms with Gasteiger partial charge in [0.25, 0.3) is 11.8 Å². The Labute approximate surface area is 204 Å². The SMILES string of the molecule is COc1cccc(CNC(=O)c2nc(C3CCCCN3Cc3ccccc3)nc(O)c2O)c1OC. The quantitative estimate of drug-likeness (QED) is 0.450. The van der Waals surface area contributed by atoms with Gasteiger partial charge in [0.05, 0.1) is 20.3 Å². The molecule has 0 spiro atoms. The molecule has 3 aromatic rings. The van der Waals surface area contributed by atoms with E-state index in [-0.39, 0.29) is 18.3 Å². The topological polar surface area (TPSA) is 117 Å². The van der Waals surface area contributed by atoms with Gasteiger partial charge in [0.1, 0.15) is 0 Å². The Morgan fingerprint density at radius 2 is 1.86 bits per heavy atom. The summed E-state index contributed by atoms with van der Waals surface area (Å²) in [6.45, 7) is 1.66. The zero-order valence-corrected chi connectivity index (χ0v) is 19.9. The molecule has 1 aliphatic heterocycles. The van der Waals surface area contributed by atoms with Gasteiger partial charge in [-0.15, -0.1) is 0 Å². The van der Waals surface area contributed by atoms with Gasteiger partial charge in [-0.05, 0) is 31.0 Å². The first-order chi connectivity index (χ1) is 17.0. The van der Waals surface area contributed by atoms with Crippen LogP contribution in [0.4, 0.5) is 0 Å². The number of rotatable bonds is 8. The van der Waals surface area contributed by atoms with E-state index < -0.39 is 17.5 Å². The van der Waals surface area contributed by atoms with Crippen LogP contribution in [0.15, 0.2) is 48.5 Å². The molecule has 0 bridgehead atoms. The summed E-state index contributed by atoms with van der Waals surface area (Å²) in [5, 5.41) is 23.5. The molecular weight excluding hydrogens is 448 g/mol. The molecule has 4 rings (SSSR count). The van der Waals surface area contributed by atoms with Crippen molar-refractivity contribution in [3.8, 4) is 23.1 Å². The van der Waals surface area contributed by atoms with Gasteiger partial charge in [-0.1, -0.05) is 48.9 Å². The van der Waals surface area contributed by atoms with Crippen molar-refractivity contribution in [2.45, 2.75) is 38.4 Å². The number of carbonyl (C=O) groups excluding carboxylic acids is 1. The molecule has 1 amide bonds. The molecule has 35 heavy (non-hydrogen) atoms. The molecule has 0 saturated carbocycles. The Kier molecular flexibility index (Phi) is 7.67. The van der Waals surface area contributed by atoms with Crippen LogP contribution >= 0.6 is 0 Å². The average Bonchev–Trinajstić information content (AvgIpc) is 2.89. The van der Waals surface area contributed by atoms with E-state index in [4.69, 9.17) is 9.47 Å². The minimum absolute atomic E-state index is 0.113. The highest BCUT2D eigenvalue weighted by Gasteiger charge is 2.29. The van der Waals surface area contributed by atoms with Gasteiger partial charge in [-0.25, -0.2) is 4.98 Å². The smallest absolute Gasteiger partial charge is 0.274 e. The molecule has 1 aromatic heterocycles. The number of piperidine rings is 1. The van der Waals surface area contributed by atoms with Gasteiger partial charge in [0.2, 0.25) is 5.75 Å². The molecule has 3 N–H and O–H groups in total. The first-order valence-electron chi connectivity index (χ1n) is 11.6. The fraction of sp³-hybridized carbons (Fsp3) is 0.346. The van der Waals surface area contributed by atoms with Crippen molar-refractivity contribution in [1.82, 2.24) is 20.2 Å². The Bertz CT molecular complexity index is 1170. The number of likely N-dealkylation sites (tertiary alicyclic amines) is 1. The van der Waals surface area contributed by atoms with E-state index in [2.05, 4.69) is 32.3 Å². The van der Waals surface area contributed by atoms with E-state index in [0.29, 0.717) is 29.4 Å². The first kappa shape index (κ1) is 24.3. The predicted octanol–water partition coefficient (Wildman–Crippen LogP) is 3.56. The van der Waals surface area contributed by atoms with Crippen molar-refractivity contribution in [2.24, 2.45) is 0 Å². The van der Waals surface area contributed by atoms with E-state index in [1.165, 1.54) is 14.2 Å². The zero-order chi connectivity index (χ0) is 24.8. The Hall–Kier alpha value is -3.85. The number of amides is 1. The highest BCUT2D eigenvalue weighted by atomic mass is 16.5. The van der Waals surface area contributed by atoms with E-state index in [1.54, 1.807) is 18.2 Å². The number of ether oxygens (including phenoxy) is 2. The van der Waals surface area contributed by atoms with Crippen LogP contribution in [0, 0.1) is 0 Å². The lowest BCUT2D eigenvalue weighted by Gasteiger charge is -2.34. The van der Waals surface area contributed by atoms with Crippen molar-refractivity contribution in [3.63, 3.8) is 0 Å². The molecule has 184 valence electrons. The molecule has 1 unspecified atom stereocenters. The van der Waals surface area contributed by atoms with Crippen molar-refractivity contribution < 1.29 is 24.5 Å². The summed E-state index contributed by atoms with van der Waals surface area (Å²) in [6, 6.07) is 15.3. The highest BCUT2D eigenvalue weighted by molar-refractivity contribution is 5.95. The number of hydrogen-bond donors (Lipinski definition) is 3. The molecule has 0 aliphatic carbocycles. The van der Waals surface area contributed by atoms with Crippen molar-refractivity contribution in [1.29, 1.82) is 0 Å². The third kappa shape index (κ3) is 5.46. The van der Waals surface area contributed by atoms with E-state index in [1.807, 2.05) is 18.2 Å². The number of aromatic hydroxyl groups is 2. The molecule has 2 heterocycles. The molecule has 1 aliphatic rings. The Morgan fingerprint density at radius 1 is 1.06 bits per heavy atom. The first-order valence-corrected chi connectivity index (χ1v) is 11.6. The zero-order valence-electron chi connectivity index (χ0n) is 19.9. The molecule has 2 aromatic carbocycles. The lowest BCUT2D eigenvalue weighted by molar-refractivity contribution is 0.0937. The lowest BCUT2D eigenvalue weighted by Crippen LogP contribution is -2.34. The minimum atomic E-state index is -0.644. The van der Waals surface area contributed by atoms with Gasteiger partial charge >= 0.3 is 0 Å². The number of carbonyl (C=O) groups is 1. The van der Waals surface area contributed by atoms with E-state index in [0.717, 1.165) is 31.4 Å². The van der Waals surface area contributed by atoms with Crippen LogP contribution in [-0.2, 0) is 13.1 Å². The summed E-state index contributed by atoms with van der Waals surface area (Å²) >= 11 is 0. The Balaban J connectivity index is 1.56. The molecule has 9 nitrogen and oxygen atoms in total. The number of nitrogens with one attached hydrogen (secondary N) is 1. The molecule has 1 saturated heterocycles. The number of hydrogen-bond acceptors (Lipinski definition) is 8. The third-order valence-corrected chi connectivity index (χ3v) is 6.16. The van der Waals surface area contributed by atoms with Gasteiger partial charge < -0.3 is 25.0 Å². The number of para-hydroxylation sites is 1. The number of aromatic nitrogens is 2. The molecule has 0 radical (unpaired) electrons. The maximum Gasteiger partial charge on any atom is 0.274 e. The summed E-state index contributed by atoms with van der Waals surface area (Å²) in [5.41, 5.74) is 1.59. The van der Waals surface area contributed by atoms with Crippen LogP contribution < -0.4 is 14.8 Å². The van der Waals surface area contributed by atoms with Gasteiger partial charge in [-0.2, -0.15) is 4.98 Å². The minimum Gasteiger partial charge on any atom is -0.501 e. The van der Waals surface area contributed by atoms with Gasteiger partial charge in [0.15, 0.2) is 23.0 Å². The van der Waals surface area contributed by atoms with Crippen LogP contribution in [0.1, 0.15) is 52.7 Å². The van der Waals surface area contributed by atoms with E-state index in [9.17, 15) is 15.0 Å². The van der Waals surface area contributed by atoms with Gasteiger partial charge in [-0.3, -0.25) is 9.69 Å². The second-order valence-electron chi connectivity index (χ2n) is 8.41. The van der Waals surface area contributed by atoms with Crippen molar-refractivity contribution in [2.75, 3.05) is 20.8 Å². The van der Waals surface area contributed by atoms with Crippen LogP contribution in [0.25, 0.3) is 0 Å². The largest absolute Gasteiger partial charge is 0.501 e. The number of benzene rings is 2. The molecule has 9 heteroatoms. The maximum absolute atomic E-state index is 13.0. The lowest BCUT2D eigenvalue weighted by atomic mass is 10.00. The summed E-state index contributed by atoms with van der Waals surface area (Å²) in [4.78, 5) is 23.8. The second kappa shape index (κ2) is 11.1. The molecular formula is C26H30N4O5. The highest BCUT2D eigenvalue weighted by Crippen LogP contribution is 2.34. The van der Waals surface area contributed by atoms with Crippen LogP contribution in [-0.4, -0.2) is 51.8 Å². The fourth-order valence-corrected chi connectivity index (χ4v) is 4.41. The second-order valence-corrected chi connectivity index (χ2v) is 8.41. The third-order valence-electron chi connectivity index (χ3n) is 6.16. The Morgan fingerprint density at radius 3 is 2.60 bits per heavy atom. The number of methoxy groups -OCH3 is 2. The summed E-state index contributed by atoms with van der Waals surface area (Å²) < 4.78 is 10.7. The van der Waals surface area contributed by atoms with Crippen molar-refractivity contribution in [3.05, 3.63) is 71.2 Å². The summed E-state index contributed by atoms with van der Waals surface area (Å²) in [5.74, 6) is -0.514. The standard InChI is InChI=1S/C26H30N4O5/c1-34-20-13-8-11-18(23(20)35-2)15-27-25(32)21-22(31)26(33)29-24(28-21)19-12-6-7-14-30(19)16-17-9-4-3-5-10-17/h3-5,8-11,13,19,31H,6-7,12,14-16H2,1-2H3,(H,27,32)(H,28,29,33). The maximum atomic E-state index is 13.0.